The zero-order valence-corrected chi connectivity index (χ0v) is 9.31. The molecule has 0 aromatic carbocycles. The molecule has 2 fully saturated rings. The second-order valence-electron chi connectivity index (χ2n) is 4.46. The number of nitrogens with two attached hydrogens (primary N) is 1. The monoisotopic (exact) mass is 217 g/mol. The molecule has 0 saturated carbocycles. The van der Waals surface area contributed by atoms with Gasteiger partial charge in [-0.1, -0.05) is 0 Å². The van der Waals surface area contributed by atoms with E-state index in [1.807, 2.05) is 11.8 Å². The molecule has 82 valence electrons. The van der Waals surface area contributed by atoms with Crippen LogP contribution in [0.2, 0.25) is 0 Å². The topological polar surface area (TPSA) is 55.5 Å². The van der Waals surface area contributed by atoms with Crippen molar-refractivity contribution in [3.63, 3.8) is 0 Å². The summed E-state index contributed by atoms with van der Waals surface area (Å²) in [5, 5.41) is 10.5. The SMILES string of the molecule is NC1(C2(O)CCSCC2)CCCOC1. The number of thioether (sulfide) groups is 1. The normalized spacial score (nSPS) is 38.1. The molecule has 4 heteroatoms. The summed E-state index contributed by atoms with van der Waals surface area (Å²) in [6, 6.07) is 0. The molecule has 14 heavy (non-hydrogen) atoms. The van der Waals surface area contributed by atoms with E-state index in [-0.39, 0.29) is 0 Å². The van der Waals surface area contributed by atoms with Gasteiger partial charge in [-0.05, 0) is 37.2 Å². The number of hydrogen-bond acceptors (Lipinski definition) is 4. The van der Waals surface area contributed by atoms with Crippen molar-refractivity contribution in [1.29, 1.82) is 0 Å². The molecule has 2 aliphatic rings. The zero-order valence-electron chi connectivity index (χ0n) is 8.50. The van der Waals surface area contributed by atoms with E-state index < -0.39 is 11.1 Å². The Morgan fingerprint density at radius 3 is 2.50 bits per heavy atom. The van der Waals surface area contributed by atoms with Crippen LogP contribution in [-0.2, 0) is 4.74 Å². The quantitative estimate of drug-likeness (QED) is 0.680. The van der Waals surface area contributed by atoms with Crippen molar-refractivity contribution in [3.8, 4) is 0 Å². The van der Waals surface area contributed by atoms with E-state index in [1.165, 1.54) is 0 Å². The molecule has 1 atom stereocenters. The standard InChI is InChI=1S/C10H19NO2S/c11-9(2-1-5-13-8-9)10(12)3-6-14-7-4-10/h12H,1-8,11H2. The number of hydrogen-bond donors (Lipinski definition) is 2. The summed E-state index contributed by atoms with van der Waals surface area (Å²) < 4.78 is 5.41. The molecule has 0 amide bonds. The lowest BCUT2D eigenvalue weighted by molar-refractivity contribution is -0.101. The summed E-state index contributed by atoms with van der Waals surface area (Å²) in [6.07, 6.45) is 3.51. The molecule has 0 radical (unpaired) electrons. The first kappa shape index (κ1) is 10.7. The van der Waals surface area contributed by atoms with Gasteiger partial charge in [-0.15, -0.1) is 0 Å². The number of rotatable bonds is 1. The highest BCUT2D eigenvalue weighted by Crippen LogP contribution is 2.38. The molecule has 2 rings (SSSR count). The van der Waals surface area contributed by atoms with Gasteiger partial charge in [-0.3, -0.25) is 0 Å². The molecule has 0 aliphatic carbocycles. The molecule has 3 nitrogen and oxygen atoms in total. The Hall–Kier alpha value is 0.230. The van der Waals surface area contributed by atoms with Crippen LogP contribution >= 0.6 is 11.8 Å². The summed E-state index contributed by atoms with van der Waals surface area (Å²) in [4.78, 5) is 0. The third-order valence-electron chi connectivity index (χ3n) is 3.52. The number of ether oxygens (including phenoxy) is 1. The third-order valence-corrected chi connectivity index (χ3v) is 4.50. The number of aliphatic hydroxyl groups is 1. The van der Waals surface area contributed by atoms with E-state index in [9.17, 15) is 5.11 Å². The van der Waals surface area contributed by atoms with Gasteiger partial charge in [-0.2, -0.15) is 11.8 Å². The van der Waals surface area contributed by atoms with Crippen LogP contribution in [0.5, 0.6) is 0 Å². The average Bonchev–Trinajstić information content (AvgIpc) is 2.20. The fraction of sp³-hybridized carbons (Fsp3) is 1.00. The third kappa shape index (κ3) is 1.81. The fourth-order valence-corrected chi connectivity index (χ4v) is 3.56. The van der Waals surface area contributed by atoms with Crippen molar-refractivity contribution in [2.75, 3.05) is 24.7 Å². The van der Waals surface area contributed by atoms with Crippen molar-refractivity contribution in [3.05, 3.63) is 0 Å². The lowest BCUT2D eigenvalue weighted by Crippen LogP contribution is -2.65. The van der Waals surface area contributed by atoms with E-state index >= 15 is 0 Å². The minimum absolute atomic E-state index is 0.494. The lowest BCUT2D eigenvalue weighted by atomic mass is 9.73. The molecular formula is C10H19NO2S. The summed E-state index contributed by atoms with van der Waals surface area (Å²) in [5.41, 5.74) is 5.11. The molecule has 0 aromatic rings. The maximum absolute atomic E-state index is 10.5. The highest BCUT2D eigenvalue weighted by molar-refractivity contribution is 7.99. The average molecular weight is 217 g/mol. The minimum atomic E-state index is -0.682. The van der Waals surface area contributed by atoms with Crippen LogP contribution in [0.3, 0.4) is 0 Å². The van der Waals surface area contributed by atoms with Crippen molar-refractivity contribution in [2.45, 2.75) is 36.8 Å². The Morgan fingerprint density at radius 2 is 1.93 bits per heavy atom. The van der Waals surface area contributed by atoms with E-state index in [4.69, 9.17) is 10.5 Å². The Morgan fingerprint density at radius 1 is 1.21 bits per heavy atom. The smallest absolute Gasteiger partial charge is 0.0864 e. The molecule has 2 saturated heterocycles. The van der Waals surface area contributed by atoms with Crippen LogP contribution in [0.4, 0.5) is 0 Å². The maximum Gasteiger partial charge on any atom is 0.0864 e. The van der Waals surface area contributed by atoms with Crippen LogP contribution in [0, 0.1) is 0 Å². The Labute approximate surface area is 89.4 Å². The van der Waals surface area contributed by atoms with Crippen LogP contribution in [-0.4, -0.2) is 41.0 Å². The van der Waals surface area contributed by atoms with Crippen molar-refractivity contribution in [1.82, 2.24) is 0 Å². The van der Waals surface area contributed by atoms with E-state index in [1.54, 1.807) is 0 Å². The molecule has 2 aliphatic heterocycles. The van der Waals surface area contributed by atoms with E-state index in [0.717, 1.165) is 43.8 Å². The Balaban J connectivity index is 2.09. The van der Waals surface area contributed by atoms with Gasteiger partial charge in [0.1, 0.15) is 0 Å². The predicted octanol–water partition coefficient (Wildman–Crippen LogP) is 0.752. The first-order valence-corrected chi connectivity index (χ1v) is 6.49. The van der Waals surface area contributed by atoms with Gasteiger partial charge in [-0.25, -0.2) is 0 Å². The van der Waals surface area contributed by atoms with Crippen molar-refractivity contribution in [2.24, 2.45) is 5.73 Å². The summed E-state index contributed by atoms with van der Waals surface area (Å²) in [5.74, 6) is 2.05. The zero-order chi connectivity index (χ0) is 10.1. The highest BCUT2D eigenvalue weighted by atomic mass is 32.2. The largest absolute Gasteiger partial charge is 0.388 e. The van der Waals surface area contributed by atoms with Gasteiger partial charge in [0.25, 0.3) is 0 Å². The second kappa shape index (κ2) is 4.00. The predicted molar refractivity (Wildman–Crippen MR) is 58.5 cm³/mol. The van der Waals surface area contributed by atoms with Gasteiger partial charge in [0.15, 0.2) is 0 Å². The molecule has 2 heterocycles. The van der Waals surface area contributed by atoms with E-state index in [2.05, 4.69) is 0 Å². The Kier molecular flexibility index (Phi) is 3.07. The fourth-order valence-electron chi connectivity index (χ4n) is 2.39. The van der Waals surface area contributed by atoms with Gasteiger partial charge >= 0.3 is 0 Å². The molecule has 0 aromatic heterocycles. The maximum atomic E-state index is 10.5. The summed E-state index contributed by atoms with van der Waals surface area (Å²) in [7, 11) is 0. The van der Waals surface area contributed by atoms with Crippen LogP contribution in [0.15, 0.2) is 0 Å². The van der Waals surface area contributed by atoms with Crippen LogP contribution in [0.1, 0.15) is 25.7 Å². The van der Waals surface area contributed by atoms with Crippen molar-refractivity contribution < 1.29 is 9.84 Å². The molecular weight excluding hydrogens is 198 g/mol. The molecule has 0 spiro atoms. The minimum Gasteiger partial charge on any atom is -0.388 e. The Bertz CT molecular complexity index is 176. The first-order chi connectivity index (χ1) is 6.66. The lowest BCUT2D eigenvalue weighted by Gasteiger charge is -2.48. The summed E-state index contributed by atoms with van der Waals surface area (Å²) >= 11 is 1.90. The van der Waals surface area contributed by atoms with Gasteiger partial charge in [0.05, 0.1) is 17.7 Å². The van der Waals surface area contributed by atoms with Crippen molar-refractivity contribution >= 4 is 11.8 Å². The second-order valence-corrected chi connectivity index (χ2v) is 5.68. The van der Waals surface area contributed by atoms with E-state index in [0.29, 0.717) is 6.61 Å². The van der Waals surface area contributed by atoms with Crippen LogP contribution in [0.25, 0.3) is 0 Å². The van der Waals surface area contributed by atoms with Gasteiger partial charge in [0, 0.05) is 6.61 Å². The molecule has 0 bridgehead atoms. The highest BCUT2D eigenvalue weighted by Gasteiger charge is 2.48. The first-order valence-electron chi connectivity index (χ1n) is 5.33. The summed E-state index contributed by atoms with van der Waals surface area (Å²) in [6.45, 7) is 1.32. The van der Waals surface area contributed by atoms with Gasteiger partial charge < -0.3 is 15.6 Å². The van der Waals surface area contributed by atoms with Crippen LogP contribution < -0.4 is 5.73 Å². The molecule has 3 N–H and O–H groups in total. The molecule has 1 unspecified atom stereocenters. The van der Waals surface area contributed by atoms with Gasteiger partial charge in [0.2, 0.25) is 0 Å².